The molecule has 1 amide bonds. The summed E-state index contributed by atoms with van der Waals surface area (Å²) in [6, 6.07) is 6.58. The smallest absolute Gasteiger partial charge is 0.307 e. The second kappa shape index (κ2) is 7.43. The Morgan fingerprint density at radius 1 is 1.48 bits per heavy atom. The Morgan fingerprint density at radius 3 is 2.86 bits per heavy atom. The minimum Gasteiger partial charge on any atom is -0.469 e. The van der Waals surface area contributed by atoms with Crippen LogP contribution in [0.2, 0.25) is 5.02 Å². The Morgan fingerprint density at radius 2 is 2.24 bits per heavy atom. The lowest BCUT2D eigenvalue weighted by Gasteiger charge is -2.21. The third kappa shape index (κ3) is 4.19. The summed E-state index contributed by atoms with van der Waals surface area (Å²) in [5.41, 5.74) is 0.691. The van der Waals surface area contributed by atoms with Crippen LogP contribution < -0.4 is 5.32 Å². The number of carbonyl (C=O) groups is 2. The molecule has 0 unspecified atom stereocenters. The van der Waals surface area contributed by atoms with Crippen LogP contribution in [-0.2, 0) is 19.1 Å². The number of esters is 1. The van der Waals surface area contributed by atoms with E-state index in [1.165, 1.54) is 7.11 Å². The third-order valence-electron chi connectivity index (χ3n) is 3.42. The van der Waals surface area contributed by atoms with E-state index in [4.69, 9.17) is 16.3 Å². The van der Waals surface area contributed by atoms with Crippen LogP contribution in [0.25, 0.3) is 0 Å². The fraction of sp³-hybridized carbons (Fsp3) is 0.467. The van der Waals surface area contributed by atoms with Gasteiger partial charge in [0.25, 0.3) is 0 Å². The number of hydrogen-bond donors (Lipinski definition) is 1. The van der Waals surface area contributed by atoms with Gasteiger partial charge in [0.05, 0.1) is 19.6 Å². The molecule has 1 aromatic carbocycles. The zero-order chi connectivity index (χ0) is 15.2. The normalized spacial score (nSPS) is 19.0. The fourth-order valence-electron chi connectivity index (χ4n) is 2.30. The predicted molar refractivity (Wildman–Crippen MR) is 77.9 cm³/mol. The average molecular weight is 312 g/mol. The molecule has 1 aromatic rings. The molecular formula is C15H18ClNO4. The molecule has 5 nitrogen and oxygen atoms in total. The molecule has 1 aliphatic rings. The van der Waals surface area contributed by atoms with E-state index in [0.29, 0.717) is 23.6 Å². The average Bonchev–Trinajstić information content (AvgIpc) is 3.01. The molecule has 2 rings (SSSR count). The zero-order valence-electron chi connectivity index (χ0n) is 11.8. The topological polar surface area (TPSA) is 64.6 Å². The minimum atomic E-state index is -0.525. The first-order valence-electron chi connectivity index (χ1n) is 6.85. The van der Waals surface area contributed by atoms with Crippen LogP contribution in [0.5, 0.6) is 0 Å². The summed E-state index contributed by atoms with van der Waals surface area (Å²) in [5.74, 6) is -0.631. The van der Waals surface area contributed by atoms with Crippen LogP contribution >= 0.6 is 11.6 Å². The van der Waals surface area contributed by atoms with Crippen LogP contribution in [0.4, 0.5) is 0 Å². The molecule has 1 heterocycles. The SMILES string of the molecule is COC(=O)C[C@H](NC(=O)[C@H]1CCCO1)c1ccccc1Cl. The Bertz CT molecular complexity index is 514. The summed E-state index contributed by atoms with van der Waals surface area (Å²) in [4.78, 5) is 23.7. The lowest BCUT2D eigenvalue weighted by atomic mass is 10.0. The van der Waals surface area contributed by atoms with Gasteiger partial charge in [-0.15, -0.1) is 0 Å². The molecule has 0 spiro atoms. The number of methoxy groups -OCH3 is 1. The molecule has 0 aromatic heterocycles. The van der Waals surface area contributed by atoms with Gasteiger partial charge in [0, 0.05) is 11.6 Å². The van der Waals surface area contributed by atoms with Gasteiger partial charge in [0.1, 0.15) is 6.10 Å². The second-order valence-corrected chi connectivity index (χ2v) is 5.27. The van der Waals surface area contributed by atoms with Gasteiger partial charge in [-0.05, 0) is 24.5 Å². The molecule has 1 aliphatic heterocycles. The summed E-state index contributed by atoms with van der Waals surface area (Å²) in [7, 11) is 1.31. The van der Waals surface area contributed by atoms with Crippen molar-refractivity contribution in [1.82, 2.24) is 5.32 Å². The molecule has 1 N–H and O–H groups in total. The molecule has 6 heteroatoms. The van der Waals surface area contributed by atoms with Crippen molar-refractivity contribution in [2.24, 2.45) is 0 Å². The third-order valence-corrected chi connectivity index (χ3v) is 3.76. The van der Waals surface area contributed by atoms with Crippen molar-refractivity contribution >= 4 is 23.5 Å². The Balaban J connectivity index is 2.13. The highest BCUT2D eigenvalue weighted by Gasteiger charge is 2.28. The van der Waals surface area contributed by atoms with Crippen molar-refractivity contribution < 1.29 is 19.1 Å². The van der Waals surface area contributed by atoms with E-state index < -0.39 is 18.1 Å². The fourth-order valence-corrected chi connectivity index (χ4v) is 2.56. The van der Waals surface area contributed by atoms with Crippen molar-refractivity contribution in [1.29, 1.82) is 0 Å². The summed E-state index contributed by atoms with van der Waals surface area (Å²) < 4.78 is 10.0. The van der Waals surface area contributed by atoms with E-state index in [1.54, 1.807) is 18.2 Å². The maximum Gasteiger partial charge on any atom is 0.307 e. The van der Waals surface area contributed by atoms with E-state index >= 15 is 0 Å². The minimum absolute atomic E-state index is 0.0265. The predicted octanol–water partition coefficient (Wildman–Crippen LogP) is 2.24. The Labute approximate surface area is 128 Å². The van der Waals surface area contributed by atoms with Gasteiger partial charge < -0.3 is 14.8 Å². The first kappa shape index (κ1) is 15.8. The highest BCUT2D eigenvalue weighted by atomic mass is 35.5. The van der Waals surface area contributed by atoms with Crippen molar-refractivity contribution in [2.45, 2.75) is 31.4 Å². The first-order chi connectivity index (χ1) is 10.1. The van der Waals surface area contributed by atoms with Crippen molar-refractivity contribution in [3.05, 3.63) is 34.9 Å². The summed E-state index contributed by atoms with van der Waals surface area (Å²) >= 11 is 6.15. The maximum absolute atomic E-state index is 12.2. The number of ether oxygens (including phenoxy) is 2. The second-order valence-electron chi connectivity index (χ2n) is 4.86. The number of nitrogens with one attached hydrogen (secondary N) is 1. The number of amides is 1. The largest absolute Gasteiger partial charge is 0.469 e. The molecular weight excluding hydrogens is 294 g/mol. The first-order valence-corrected chi connectivity index (χ1v) is 7.23. The van der Waals surface area contributed by atoms with E-state index in [-0.39, 0.29) is 12.3 Å². The molecule has 0 aliphatic carbocycles. The molecule has 2 atom stereocenters. The van der Waals surface area contributed by atoms with Crippen LogP contribution in [0, 0.1) is 0 Å². The van der Waals surface area contributed by atoms with Gasteiger partial charge in [0.2, 0.25) is 5.91 Å². The van der Waals surface area contributed by atoms with E-state index in [0.717, 1.165) is 6.42 Å². The summed E-state index contributed by atoms with van der Waals surface area (Å²) in [6.07, 6.45) is 1.14. The number of carbonyl (C=O) groups excluding carboxylic acids is 2. The van der Waals surface area contributed by atoms with Gasteiger partial charge in [-0.3, -0.25) is 9.59 Å². The lowest BCUT2D eigenvalue weighted by Crippen LogP contribution is -2.37. The lowest BCUT2D eigenvalue weighted by molar-refractivity contribution is -0.141. The van der Waals surface area contributed by atoms with E-state index in [9.17, 15) is 9.59 Å². The molecule has 1 saturated heterocycles. The van der Waals surface area contributed by atoms with Gasteiger partial charge >= 0.3 is 5.97 Å². The number of hydrogen-bond acceptors (Lipinski definition) is 4. The molecule has 114 valence electrons. The highest BCUT2D eigenvalue weighted by Crippen LogP contribution is 2.26. The van der Waals surface area contributed by atoms with Crippen LogP contribution in [0.1, 0.15) is 30.9 Å². The van der Waals surface area contributed by atoms with E-state index in [1.807, 2.05) is 6.07 Å². The molecule has 0 bridgehead atoms. The monoisotopic (exact) mass is 311 g/mol. The quantitative estimate of drug-likeness (QED) is 0.847. The molecule has 0 radical (unpaired) electrons. The van der Waals surface area contributed by atoms with Gasteiger partial charge in [0.15, 0.2) is 0 Å². The van der Waals surface area contributed by atoms with Crippen molar-refractivity contribution in [3.63, 3.8) is 0 Å². The molecule has 1 fully saturated rings. The maximum atomic E-state index is 12.2. The number of benzene rings is 1. The number of halogens is 1. The van der Waals surface area contributed by atoms with E-state index in [2.05, 4.69) is 10.1 Å². The standard InChI is InChI=1S/C15H18ClNO4/c1-20-14(18)9-12(10-5-2-3-6-11(10)16)17-15(19)13-7-4-8-21-13/h2-3,5-6,12-13H,4,7-9H2,1H3,(H,17,19)/t12-,13+/m0/s1. The molecule has 21 heavy (non-hydrogen) atoms. The van der Waals surface area contributed by atoms with Crippen molar-refractivity contribution in [3.8, 4) is 0 Å². The van der Waals surface area contributed by atoms with Gasteiger partial charge in [-0.25, -0.2) is 0 Å². The van der Waals surface area contributed by atoms with Gasteiger partial charge in [-0.2, -0.15) is 0 Å². The molecule has 0 saturated carbocycles. The van der Waals surface area contributed by atoms with Crippen LogP contribution in [0.15, 0.2) is 24.3 Å². The van der Waals surface area contributed by atoms with Gasteiger partial charge in [-0.1, -0.05) is 29.8 Å². The number of rotatable bonds is 5. The summed E-state index contributed by atoms with van der Waals surface area (Å²) in [6.45, 7) is 0.589. The highest BCUT2D eigenvalue weighted by molar-refractivity contribution is 6.31. The van der Waals surface area contributed by atoms with Crippen LogP contribution in [-0.4, -0.2) is 31.7 Å². The Hall–Kier alpha value is -1.59. The zero-order valence-corrected chi connectivity index (χ0v) is 12.6. The Kier molecular flexibility index (Phi) is 5.59. The van der Waals surface area contributed by atoms with Crippen LogP contribution in [0.3, 0.4) is 0 Å². The van der Waals surface area contributed by atoms with Crippen molar-refractivity contribution in [2.75, 3.05) is 13.7 Å². The summed E-state index contributed by atoms with van der Waals surface area (Å²) in [5, 5.41) is 3.33.